The summed E-state index contributed by atoms with van der Waals surface area (Å²) in [4.78, 5) is 21.0. The summed E-state index contributed by atoms with van der Waals surface area (Å²) in [5.41, 5.74) is 0.796. The molecule has 6 heteroatoms. The Hall–Kier alpha value is -2.47. The average molecular weight is 290 g/mol. The highest BCUT2D eigenvalue weighted by atomic mass is 32.2. The fourth-order valence-electron chi connectivity index (χ4n) is 1.49. The Labute approximate surface area is 115 Å². The summed E-state index contributed by atoms with van der Waals surface area (Å²) in [6.45, 7) is 0. The average Bonchev–Trinajstić information content (AvgIpc) is 2.48. The van der Waals surface area contributed by atoms with Gasteiger partial charge in [0.05, 0.1) is 0 Å². The third-order valence-corrected chi connectivity index (χ3v) is 3.79. The fourth-order valence-corrected chi connectivity index (χ4v) is 2.42. The first kappa shape index (κ1) is 14.0. The Bertz CT molecular complexity index is 715. The van der Waals surface area contributed by atoms with E-state index in [1.807, 2.05) is 0 Å². The summed E-state index contributed by atoms with van der Waals surface area (Å²) in [7, 11) is -3.96. The molecule has 0 unspecified atom stereocenters. The molecule has 2 aromatic carbocycles. The molecular weight excluding hydrogens is 280 g/mol. The molecule has 2 rings (SSSR count). The number of aldehydes is 2. The van der Waals surface area contributed by atoms with Crippen LogP contribution in [0.2, 0.25) is 0 Å². The van der Waals surface area contributed by atoms with Gasteiger partial charge in [-0.2, -0.15) is 8.42 Å². The number of rotatable bonds is 5. The van der Waals surface area contributed by atoms with Crippen molar-refractivity contribution in [2.45, 2.75) is 4.90 Å². The van der Waals surface area contributed by atoms with Crippen LogP contribution in [0.25, 0.3) is 0 Å². The van der Waals surface area contributed by atoms with Crippen molar-refractivity contribution in [1.82, 2.24) is 0 Å². The lowest BCUT2D eigenvalue weighted by Crippen LogP contribution is -2.09. The molecule has 0 saturated carbocycles. The third kappa shape index (κ3) is 3.10. The van der Waals surface area contributed by atoms with Crippen LogP contribution in [0.1, 0.15) is 20.7 Å². The Balaban J connectivity index is 2.24. The van der Waals surface area contributed by atoms with Crippen LogP contribution in [0.5, 0.6) is 5.75 Å². The second-order valence-electron chi connectivity index (χ2n) is 3.91. The quantitative estimate of drug-likeness (QED) is 0.622. The third-order valence-electron chi connectivity index (χ3n) is 2.53. The van der Waals surface area contributed by atoms with Crippen LogP contribution < -0.4 is 4.18 Å². The van der Waals surface area contributed by atoms with E-state index in [4.69, 9.17) is 4.18 Å². The lowest BCUT2D eigenvalue weighted by Gasteiger charge is -2.07. The minimum atomic E-state index is -3.96. The second kappa shape index (κ2) is 5.66. The predicted molar refractivity (Wildman–Crippen MR) is 71.5 cm³/mol. The van der Waals surface area contributed by atoms with Gasteiger partial charge in [-0.15, -0.1) is 0 Å². The Morgan fingerprint density at radius 3 is 1.65 bits per heavy atom. The summed E-state index contributed by atoms with van der Waals surface area (Å²) >= 11 is 0. The van der Waals surface area contributed by atoms with Gasteiger partial charge >= 0.3 is 10.1 Å². The van der Waals surface area contributed by atoms with Crippen molar-refractivity contribution in [1.29, 1.82) is 0 Å². The van der Waals surface area contributed by atoms with Gasteiger partial charge in [0, 0.05) is 11.1 Å². The molecule has 5 nitrogen and oxygen atoms in total. The van der Waals surface area contributed by atoms with E-state index in [1.54, 1.807) is 0 Å². The van der Waals surface area contributed by atoms with Gasteiger partial charge < -0.3 is 4.18 Å². The Kier molecular flexibility index (Phi) is 3.95. The summed E-state index contributed by atoms with van der Waals surface area (Å²) in [5, 5.41) is 0. The topological polar surface area (TPSA) is 77.5 Å². The zero-order valence-electron chi connectivity index (χ0n) is 10.2. The monoisotopic (exact) mass is 290 g/mol. The largest absolute Gasteiger partial charge is 0.379 e. The highest BCUT2D eigenvalue weighted by molar-refractivity contribution is 7.87. The molecule has 0 heterocycles. The number of hydrogen-bond acceptors (Lipinski definition) is 5. The van der Waals surface area contributed by atoms with Crippen molar-refractivity contribution < 1.29 is 22.2 Å². The van der Waals surface area contributed by atoms with Crippen molar-refractivity contribution >= 4 is 22.7 Å². The molecule has 0 atom stereocenters. The molecule has 0 aliphatic carbocycles. The number of benzene rings is 2. The fraction of sp³-hybridized carbons (Fsp3) is 0. The van der Waals surface area contributed by atoms with Crippen LogP contribution in [0.3, 0.4) is 0 Å². The lowest BCUT2D eigenvalue weighted by atomic mass is 10.2. The number of carbonyl (C=O) groups excluding carboxylic acids is 2. The molecule has 102 valence electrons. The zero-order chi connectivity index (χ0) is 14.6. The van der Waals surface area contributed by atoms with Crippen molar-refractivity contribution in [3.8, 4) is 5.75 Å². The maximum atomic E-state index is 12.0. The van der Waals surface area contributed by atoms with Crippen molar-refractivity contribution in [2.75, 3.05) is 0 Å². The molecular formula is C14H10O5S. The van der Waals surface area contributed by atoms with E-state index in [0.29, 0.717) is 23.7 Å². The SMILES string of the molecule is O=Cc1ccc(OS(=O)(=O)c2ccc(C=O)cc2)cc1. The normalized spacial score (nSPS) is 10.8. The van der Waals surface area contributed by atoms with Crippen LogP contribution in [-0.4, -0.2) is 21.0 Å². The van der Waals surface area contributed by atoms with Crippen molar-refractivity contribution in [3.63, 3.8) is 0 Å². The zero-order valence-corrected chi connectivity index (χ0v) is 11.0. The maximum Gasteiger partial charge on any atom is 0.339 e. The molecule has 0 spiro atoms. The van der Waals surface area contributed by atoms with E-state index in [1.165, 1.54) is 48.5 Å². The van der Waals surface area contributed by atoms with Gasteiger partial charge in [-0.05, 0) is 36.4 Å². The van der Waals surface area contributed by atoms with E-state index in [2.05, 4.69) is 0 Å². The molecule has 0 bridgehead atoms. The van der Waals surface area contributed by atoms with Gasteiger partial charge in [-0.1, -0.05) is 12.1 Å². The van der Waals surface area contributed by atoms with Crippen LogP contribution >= 0.6 is 0 Å². The number of hydrogen-bond donors (Lipinski definition) is 0. The molecule has 0 aromatic heterocycles. The standard InChI is InChI=1S/C14H10O5S/c15-9-11-1-5-13(6-2-11)19-20(17,18)14-7-3-12(10-16)4-8-14/h1-10H. The van der Waals surface area contributed by atoms with Gasteiger partial charge in [-0.25, -0.2) is 0 Å². The Morgan fingerprint density at radius 1 is 0.750 bits per heavy atom. The van der Waals surface area contributed by atoms with Gasteiger partial charge in [0.1, 0.15) is 23.2 Å². The molecule has 0 fully saturated rings. The highest BCUT2D eigenvalue weighted by Gasteiger charge is 2.16. The maximum absolute atomic E-state index is 12.0. The lowest BCUT2D eigenvalue weighted by molar-refractivity contribution is 0.111. The van der Waals surface area contributed by atoms with Crippen LogP contribution in [0.4, 0.5) is 0 Å². The highest BCUT2D eigenvalue weighted by Crippen LogP contribution is 2.19. The molecule has 0 saturated heterocycles. The first-order valence-electron chi connectivity index (χ1n) is 5.60. The first-order valence-corrected chi connectivity index (χ1v) is 7.01. The number of carbonyl (C=O) groups is 2. The summed E-state index contributed by atoms with van der Waals surface area (Å²) in [5.74, 6) is 0.107. The van der Waals surface area contributed by atoms with Crippen LogP contribution in [0, 0.1) is 0 Å². The summed E-state index contributed by atoms with van der Waals surface area (Å²) in [6.07, 6.45) is 1.27. The van der Waals surface area contributed by atoms with Gasteiger partial charge in [-0.3, -0.25) is 9.59 Å². The smallest absolute Gasteiger partial charge is 0.339 e. The van der Waals surface area contributed by atoms with Gasteiger partial charge in [0.15, 0.2) is 0 Å². The molecule has 0 N–H and O–H groups in total. The van der Waals surface area contributed by atoms with Crippen molar-refractivity contribution in [2.24, 2.45) is 0 Å². The van der Waals surface area contributed by atoms with E-state index in [0.717, 1.165) is 0 Å². The van der Waals surface area contributed by atoms with Crippen LogP contribution in [0.15, 0.2) is 53.4 Å². The molecule has 20 heavy (non-hydrogen) atoms. The van der Waals surface area contributed by atoms with E-state index in [9.17, 15) is 18.0 Å². The van der Waals surface area contributed by atoms with Gasteiger partial charge in [0.25, 0.3) is 0 Å². The minimum Gasteiger partial charge on any atom is -0.379 e. The van der Waals surface area contributed by atoms with E-state index >= 15 is 0 Å². The predicted octanol–water partition coefficient (Wildman–Crippen LogP) is 2.08. The first-order chi connectivity index (χ1) is 9.55. The van der Waals surface area contributed by atoms with Crippen molar-refractivity contribution in [3.05, 3.63) is 59.7 Å². The van der Waals surface area contributed by atoms with E-state index < -0.39 is 10.1 Å². The summed E-state index contributed by atoms with van der Waals surface area (Å²) < 4.78 is 28.9. The summed E-state index contributed by atoms with van der Waals surface area (Å²) in [6, 6.07) is 11.0. The molecule has 0 aliphatic heterocycles. The second-order valence-corrected chi connectivity index (χ2v) is 5.46. The minimum absolute atomic E-state index is 0.0532. The molecule has 0 aliphatic rings. The van der Waals surface area contributed by atoms with Gasteiger partial charge in [0.2, 0.25) is 0 Å². The molecule has 0 amide bonds. The van der Waals surface area contributed by atoms with Crippen LogP contribution in [-0.2, 0) is 10.1 Å². The van der Waals surface area contributed by atoms with E-state index in [-0.39, 0.29) is 10.6 Å². The Morgan fingerprint density at radius 2 is 1.20 bits per heavy atom. The molecule has 0 radical (unpaired) electrons. The molecule has 2 aromatic rings.